The van der Waals surface area contributed by atoms with Crippen LogP contribution in [-0.4, -0.2) is 18.5 Å². The Morgan fingerprint density at radius 2 is 1.74 bits per heavy atom. The van der Waals surface area contributed by atoms with Crippen molar-refractivity contribution < 1.29 is 40.2 Å². The Bertz CT molecular complexity index is 455. The van der Waals surface area contributed by atoms with Crippen molar-refractivity contribution in [3.05, 3.63) is 17.3 Å². The number of nitrogens with zero attached hydrogens (tertiary/aromatic N) is 1. The Labute approximate surface area is 101 Å². The molecule has 0 amide bonds. The molecule has 1 heterocycles. The topological polar surface area (TPSA) is 31.4 Å². The lowest BCUT2D eigenvalue weighted by atomic mass is 10.1. The maximum Gasteiger partial charge on any atom is 0.573 e. The molecule has 0 saturated carbocycles. The highest BCUT2D eigenvalue weighted by atomic mass is 19.4. The third kappa shape index (κ3) is 3.61. The van der Waals surface area contributed by atoms with E-state index >= 15 is 0 Å². The second-order valence-corrected chi connectivity index (χ2v) is 3.18. The molecule has 0 fully saturated rings. The fourth-order valence-corrected chi connectivity index (χ4v) is 1.28. The van der Waals surface area contributed by atoms with Gasteiger partial charge in [0.25, 0.3) is 5.88 Å². The first kappa shape index (κ1) is 15.3. The summed E-state index contributed by atoms with van der Waals surface area (Å²) >= 11 is 0. The number of halogens is 7. The standard InChI is InChI=1S/C9H6F7NO2/c1-18-7-6(19-9(14,15)16)5(8(11,12)13)4(2-10)3-17-7/h3H,2H2,1H3. The van der Waals surface area contributed by atoms with Gasteiger partial charge >= 0.3 is 12.5 Å². The quantitative estimate of drug-likeness (QED) is 0.800. The van der Waals surface area contributed by atoms with Crippen molar-refractivity contribution in [3.8, 4) is 11.6 Å². The van der Waals surface area contributed by atoms with Crippen LogP contribution in [-0.2, 0) is 12.9 Å². The molecule has 10 heteroatoms. The van der Waals surface area contributed by atoms with Gasteiger partial charge in [0, 0.05) is 11.8 Å². The highest BCUT2D eigenvalue weighted by Crippen LogP contribution is 2.44. The third-order valence-electron chi connectivity index (χ3n) is 1.92. The van der Waals surface area contributed by atoms with E-state index in [1.165, 1.54) is 0 Å². The minimum atomic E-state index is -5.40. The van der Waals surface area contributed by atoms with Crippen LogP contribution in [0, 0.1) is 0 Å². The van der Waals surface area contributed by atoms with Gasteiger partial charge in [-0.05, 0) is 0 Å². The molecule has 0 saturated heterocycles. The first-order chi connectivity index (χ1) is 8.60. The van der Waals surface area contributed by atoms with Gasteiger partial charge in [-0.2, -0.15) is 13.2 Å². The van der Waals surface area contributed by atoms with Gasteiger partial charge in [0.2, 0.25) is 5.75 Å². The summed E-state index contributed by atoms with van der Waals surface area (Å²) in [5, 5.41) is 0. The zero-order valence-corrected chi connectivity index (χ0v) is 9.19. The molecule has 0 N–H and O–H groups in total. The predicted molar refractivity (Wildman–Crippen MR) is 47.3 cm³/mol. The summed E-state index contributed by atoms with van der Waals surface area (Å²) in [6.07, 6.45) is -10.2. The average Bonchev–Trinajstić information content (AvgIpc) is 2.24. The summed E-state index contributed by atoms with van der Waals surface area (Å²) in [5.41, 5.74) is -2.98. The van der Waals surface area contributed by atoms with Crippen LogP contribution < -0.4 is 9.47 Å². The van der Waals surface area contributed by atoms with Crippen LogP contribution in [0.15, 0.2) is 6.20 Å². The zero-order valence-electron chi connectivity index (χ0n) is 9.19. The van der Waals surface area contributed by atoms with Crippen LogP contribution in [0.1, 0.15) is 11.1 Å². The van der Waals surface area contributed by atoms with Gasteiger partial charge < -0.3 is 9.47 Å². The molecule has 1 aromatic heterocycles. The molecule has 3 nitrogen and oxygen atoms in total. The predicted octanol–water partition coefficient (Wildman–Crippen LogP) is 3.48. The van der Waals surface area contributed by atoms with Crippen LogP contribution >= 0.6 is 0 Å². The molecular weight excluding hydrogens is 287 g/mol. The molecule has 0 bridgehead atoms. The van der Waals surface area contributed by atoms with Gasteiger partial charge in [-0.1, -0.05) is 0 Å². The summed E-state index contributed by atoms with van der Waals surface area (Å²) in [7, 11) is 0.806. The van der Waals surface area contributed by atoms with Crippen LogP contribution in [0.3, 0.4) is 0 Å². The number of pyridine rings is 1. The van der Waals surface area contributed by atoms with E-state index in [1.54, 1.807) is 0 Å². The van der Waals surface area contributed by atoms with Crippen LogP contribution in [0.4, 0.5) is 30.7 Å². The molecule has 0 aliphatic heterocycles. The number of hydrogen-bond acceptors (Lipinski definition) is 3. The number of rotatable bonds is 3. The molecule has 0 aromatic carbocycles. The lowest BCUT2D eigenvalue weighted by Gasteiger charge is -2.19. The largest absolute Gasteiger partial charge is 0.573 e. The van der Waals surface area contributed by atoms with Crippen molar-refractivity contribution in [3.63, 3.8) is 0 Å². The van der Waals surface area contributed by atoms with Crippen LogP contribution in [0.25, 0.3) is 0 Å². The Balaban J connectivity index is 3.53. The van der Waals surface area contributed by atoms with Gasteiger partial charge in [0.05, 0.1) is 7.11 Å². The number of ether oxygens (including phenoxy) is 2. The van der Waals surface area contributed by atoms with E-state index in [2.05, 4.69) is 14.5 Å². The first-order valence-corrected chi connectivity index (χ1v) is 4.55. The second-order valence-electron chi connectivity index (χ2n) is 3.18. The lowest BCUT2D eigenvalue weighted by molar-refractivity contribution is -0.276. The molecular formula is C9H6F7NO2. The molecule has 19 heavy (non-hydrogen) atoms. The van der Waals surface area contributed by atoms with E-state index in [1.807, 2.05) is 0 Å². The van der Waals surface area contributed by atoms with E-state index in [-0.39, 0.29) is 0 Å². The van der Waals surface area contributed by atoms with Crippen LogP contribution in [0.5, 0.6) is 11.6 Å². The minimum Gasteiger partial charge on any atom is -0.478 e. The van der Waals surface area contributed by atoms with Crippen LogP contribution in [0.2, 0.25) is 0 Å². The van der Waals surface area contributed by atoms with Gasteiger partial charge in [0.15, 0.2) is 0 Å². The van der Waals surface area contributed by atoms with Gasteiger partial charge in [0.1, 0.15) is 12.2 Å². The number of aromatic nitrogens is 1. The van der Waals surface area contributed by atoms with Crippen molar-refractivity contribution in [1.29, 1.82) is 0 Å². The summed E-state index contributed by atoms with van der Waals surface area (Å²) in [4.78, 5) is 3.14. The lowest BCUT2D eigenvalue weighted by Crippen LogP contribution is -2.22. The van der Waals surface area contributed by atoms with E-state index in [4.69, 9.17) is 0 Å². The summed E-state index contributed by atoms with van der Waals surface area (Å²) in [5.74, 6) is -2.75. The number of hydrogen-bond donors (Lipinski definition) is 0. The van der Waals surface area contributed by atoms with Crippen molar-refractivity contribution >= 4 is 0 Å². The Morgan fingerprint density at radius 1 is 1.16 bits per heavy atom. The molecule has 0 radical (unpaired) electrons. The monoisotopic (exact) mass is 293 g/mol. The normalized spacial score (nSPS) is 12.4. The van der Waals surface area contributed by atoms with Gasteiger partial charge in [-0.25, -0.2) is 9.37 Å². The fourth-order valence-electron chi connectivity index (χ4n) is 1.28. The summed E-state index contributed by atoms with van der Waals surface area (Å²) in [6.45, 7) is -1.65. The van der Waals surface area contributed by atoms with E-state index in [0.717, 1.165) is 7.11 Å². The molecule has 0 spiro atoms. The fraction of sp³-hybridized carbons (Fsp3) is 0.444. The smallest absolute Gasteiger partial charge is 0.478 e. The highest BCUT2D eigenvalue weighted by molar-refractivity contribution is 5.47. The van der Waals surface area contributed by atoms with E-state index in [9.17, 15) is 30.7 Å². The second kappa shape index (κ2) is 5.10. The van der Waals surface area contributed by atoms with Crippen molar-refractivity contribution in [2.75, 3.05) is 7.11 Å². The Hall–Kier alpha value is -1.74. The molecule has 108 valence electrons. The maximum atomic E-state index is 12.7. The Morgan fingerprint density at radius 3 is 2.11 bits per heavy atom. The summed E-state index contributed by atoms with van der Waals surface area (Å²) < 4.78 is 94.3. The SMILES string of the molecule is COc1ncc(CF)c(C(F)(F)F)c1OC(F)(F)F. The zero-order chi connectivity index (χ0) is 14.8. The first-order valence-electron chi connectivity index (χ1n) is 4.55. The molecule has 0 unspecified atom stereocenters. The van der Waals surface area contributed by atoms with Crippen molar-refractivity contribution in [2.45, 2.75) is 19.2 Å². The van der Waals surface area contributed by atoms with Crippen molar-refractivity contribution in [2.24, 2.45) is 0 Å². The molecule has 0 aliphatic carbocycles. The molecule has 1 aromatic rings. The highest BCUT2D eigenvalue weighted by Gasteiger charge is 2.43. The van der Waals surface area contributed by atoms with Crippen molar-refractivity contribution in [1.82, 2.24) is 4.98 Å². The minimum absolute atomic E-state index is 0.435. The molecule has 1 rings (SSSR count). The molecule has 0 atom stereocenters. The van der Waals surface area contributed by atoms with Gasteiger partial charge in [-0.3, -0.25) is 0 Å². The maximum absolute atomic E-state index is 12.7. The van der Waals surface area contributed by atoms with Gasteiger partial charge in [-0.15, -0.1) is 13.2 Å². The van der Waals surface area contributed by atoms with E-state index < -0.39 is 42.0 Å². The molecule has 0 aliphatic rings. The third-order valence-corrected chi connectivity index (χ3v) is 1.92. The number of alkyl halides is 7. The van der Waals surface area contributed by atoms with E-state index in [0.29, 0.717) is 6.20 Å². The number of methoxy groups -OCH3 is 1. The Kier molecular flexibility index (Phi) is 4.11. The average molecular weight is 293 g/mol. The summed E-state index contributed by atoms with van der Waals surface area (Å²) in [6, 6.07) is 0.